The van der Waals surface area contributed by atoms with Crippen molar-refractivity contribution in [2.24, 2.45) is 5.92 Å². The molecule has 0 amide bonds. The maximum absolute atomic E-state index is 5.50. The largest absolute Gasteiger partial charge is 0.352 e. The van der Waals surface area contributed by atoms with E-state index in [9.17, 15) is 0 Å². The highest BCUT2D eigenvalue weighted by Gasteiger charge is 2.06. The first-order valence-corrected chi connectivity index (χ1v) is 7.67. The van der Waals surface area contributed by atoms with Crippen LogP contribution >= 0.6 is 0 Å². The second-order valence-electron chi connectivity index (χ2n) is 5.39. The van der Waals surface area contributed by atoms with E-state index < -0.39 is 0 Å². The SMILES string of the molecule is CCOC(CNCc1ccc(CC(C)C)cc1)OCC. The van der Waals surface area contributed by atoms with Crippen molar-refractivity contribution in [2.75, 3.05) is 19.8 Å². The van der Waals surface area contributed by atoms with E-state index in [1.54, 1.807) is 0 Å². The van der Waals surface area contributed by atoms with Gasteiger partial charge in [0.15, 0.2) is 6.29 Å². The standard InChI is InChI=1S/C17H29NO2/c1-5-19-17(20-6-2)13-18-12-16-9-7-15(8-10-16)11-14(3)4/h7-10,14,17-18H,5-6,11-13H2,1-4H3. The van der Waals surface area contributed by atoms with Crippen molar-refractivity contribution in [1.82, 2.24) is 5.32 Å². The van der Waals surface area contributed by atoms with Gasteiger partial charge < -0.3 is 14.8 Å². The Balaban J connectivity index is 2.33. The van der Waals surface area contributed by atoms with Crippen LogP contribution in [0.4, 0.5) is 0 Å². The number of benzene rings is 1. The van der Waals surface area contributed by atoms with E-state index >= 15 is 0 Å². The van der Waals surface area contributed by atoms with Gasteiger partial charge in [0, 0.05) is 26.3 Å². The molecule has 3 nitrogen and oxygen atoms in total. The van der Waals surface area contributed by atoms with Crippen LogP contribution in [0, 0.1) is 5.92 Å². The summed E-state index contributed by atoms with van der Waals surface area (Å²) in [5.74, 6) is 0.706. The first kappa shape index (κ1) is 17.2. The summed E-state index contributed by atoms with van der Waals surface area (Å²) < 4.78 is 11.0. The molecule has 0 unspecified atom stereocenters. The summed E-state index contributed by atoms with van der Waals surface area (Å²) in [7, 11) is 0. The van der Waals surface area contributed by atoms with Crippen molar-refractivity contribution >= 4 is 0 Å². The second-order valence-corrected chi connectivity index (χ2v) is 5.39. The van der Waals surface area contributed by atoms with Crippen molar-refractivity contribution in [2.45, 2.75) is 47.0 Å². The minimum atomic E-state index is -0.148. The molecule has 114 valence electrons. The van der Waals surface area contributed by atoms with Gasteiger partial charge in [-0.05, 0) is 37.3 Å². The topological polar surface area (TPSA) is 30.5 Å². The van der Waals surface area contributed by atoms with Gasteiger partial charge >= 0.3 is 0 Å². The van der Waals surface area contributed by atoms with E-state index in [2.05, 4.69) is 43.4 Å². The lowest BCUT2D eigenvalue weighted by atomic mass is 10.0. The lowest BCUT2D eigenvalue weighted by Crippen LogP contribution is -2.31. The zero-order valence-corrected chi connectivity index (χ0v) is 13.3. The maximum Gasteiger partial charge on any atom is 0.169 e. The monoisotopic (exact) mass is 279 g/mol. The van der Waals surface area contributed by atoms with Crippen LogP contribution in [-0.4, -0.2) is 26.0 Å². The van der Waals surface area contributed by atoms with Crippen molar-refractivity contribution in [3.8, 4) is 0 Å². The molecule has 0 aliphatic rings. The lowest BCUT2D eigenvalue weighted by Gasteiger charge is -2.17. The van der Waals surface area contributed by atoms with Gasteiger partial charge in [0.1, 0.15) is 0 Å². The molecule has 0 radical (unpaired) electrons. The van der Waals surface area contributed by atoms with Crippen LogP contribution in [0.1, 0.15) is 38.8 Å². The predicted molar refractivity (Wildman–Crippen MR) is 83.7 cm³/mol. The molecule has 0 bridgehead atoms. The van der Waals surface area contributed by atoms with Gasteiger partial charge in [-0.25, -0.2) is 0 Å². The maximum atomic E-state index is 5.50. The van der Waals surface area contributed by atoms with E-state index in [4.69, 9.17) is 9.47 Å². The average molecular weight is 279 g/mol. The minimum Gasteiger partial charge on any atom is -0.352 e. The van der Waals surface area contributed by atoms with Crippen LogP contribution < -0.4 is 5.32 Å². The van der Waals surface area contributed by atoms with Gasteiger partial charge in [-0.1, -0.05) is 38.1 Å². The number of rotatable bonds is 10. The Kier molecular flexibility index (Phi) is 8.51. The van der Waals surface area contributed by atoms with Crippen molar-refractivity contribution in [1.29, 1.82) is 0 Å². The third kappa shape index (κ3) is 7.04. The molecule has 1 aromatic rings. The molecule has 0 aliphatic heterocycles. The van der Waals surface area contributed by atoms with Crippen LogP contribution in [0.3, 0.4) is 0 Å². The number of nitrogens with one attached hydrogen (secondary N) is 1. The Bertz CT molecular complexity index is 343. The molecule has 0 aliphatic carbocycles. The highest BCUT2D eigenvalue weighted by molar-refractivity contribution is 5.22. The highest BCUT2D eigenvalue weighted by Crippen LogP contribution is 2.09. The van der Waals surface area contributed by atoms with Crippen LogP contribution in [0.25, 0.3) is 0 Å². The first-order chi connectivity index (χ1) is 9.65. The van der Waals surface area contributed by atoms with Gasteiger partial charge in [-0.3, -0.25) is 0 Å². The van der Waals surface area contributed by atoms with Crippen LogP contribution in [-0.2, 0) is 22.4 Å². The fraction of sp³-hybridized carbons (Fsp3) is 0.647. The summed E-state index contributed by atoms with van der Waals surface area (Å²) >= 11 is 0. The van der Waals surface area contributed by atoms with Gasteiger partial charge in [0.2, 0.25) is 0 Å². The third-order valence-corrected chi connectivity index (χ3v) is 3.01. The van der Waals surface area contributed by atoms with Crippen molar-refractivity contribution in [3.05, 3.63) is 35.4 Å². The van der Waals surface area contributed by atoms with Gasteiger partial charge in [-0.2, -0.15) is 0 Å². The Morgan fingerprint density at radius 2 is 1.50 bits per heavy atom. The normalized spacial score (nSPS) is 11.5. The van der Waals surface area contributed by atoms with E-state index in [0.29, 0.717) is 19.1 Å². The Hall–Kier alpha value is -0.900. The molecule has 1 N–H and O–H groups in total. The molecule has 0 aromatic heterocycles. The molecule has 1 aromatic carbocycles. The smallest absolute Gasteiger partial charge is 0.169 e. The Morgan fingerprint density at radius 3 is 2.00 bits per heavy atom. The Morgan fingerprint density at radius 1 is 0.950 bits per heavy atom. The van der Waals surface area contributed by atoms with Gasteiger partial charge in [0.25, 0.3) is 0 Å². The van der Waals surface area contributed by atoms with Crippen LogP contribution in [0.15, 0.2) is 24.3 Å². The molecule has 0 saturated carbocycles. The molecule has 0 saturated heterocycles. The summed E-state index contributed by atoms with van der Waals surface area (Å²) in [5, 5.41) is 3.38. The zero-order valence-electron chi connectivity index (χ0n) is 13.3. The average Bonchev–Trinajstić information content (AvgIpc) is 2.40. The summed E-state index contributed by atoms with van der Waals surface area (Å²) in [4.78, 5) is 0. The molecule has 20 heavy (non-hydrogen) atoms. The van der Waals surface area contributed by atoms with E-state index in [0.717, 1.165) is 19.5 Å². The van der Waals surface area contributed by atoms with E-state index in [1.807, 2.05) is 13.8 Å². The Labute approximate surface area is 123 Å². The highest BCUT2D eigenvalue weighted by atomic mass is 16.7. The number of hydrogen-bond acceptors (Lipinski definition) is 3. The predicted octanol–water partition coefficient (Wildman–Crippen LogP) is 3.37. The van der Waals surface area contributed by atoms with Crippen molar-refractivity contribution < 1.29 is 9.47 Å². The second kappa shape index (κ2) is 9.92. The number of ether oxygens (including phenoxy) is 2. The number of hydrogen-bond donors (Lipinski definition) is 1. The fourth-order valence-corrected chi connectivity index (χ4v) is 2.14. The van der Waals surface area contributed by atoms with Crippen LogP contribution in [0.2, 0.25) is 0 Å². The fourth-order valence-electron chi connectivity index (χ4n) is 2.14. The third-order valence-electron chi connectivity index (χ3n) is 3.01. The summed E-state index contributed by atoms with van der Waals surface area (Å²) in [6.07, 6.45) is 0.995. The molecular weight excluding hydrogens is 250 g/mol. The quantitative estimate of drug-likeness (QED) is 0.666. The van der Waals surface area contributed by atoms with Gasteiger partial charge in [-0.15, -0.1) is 0 Å². The summed E-state index contributed by atoms with van der Waals surface area (Å²) in [5.41, 5.74) is 2.70. The van der Waals surface area contributed by atoms with Gasteiger partial charge in [0.05, 0.1) is 0 Å². The summed E-state index contributed by atoms with van der Waals surface area (Å²) in [6.45, 7) is 11.4. The molecule has 0 fully saturated rings. The molecule has 1 rings (SSSR count). The molecule has 0 spiro atoms. The first-order valence-electron chi connectivity index (χ1n) is 7.67. The minimum absolute atomic E-state index is 0.148. The summed E-state index contributed by atoms with van der Waals surface area (Å²) in [6, 6.07) is 8.83. The molecule has 0 atom stereocenters. The molecule has 0 heterocycles. The lowest BCUT2D eigenvalue weighted by molar-refractivity contribution is -0.133. The van der Waals surface area contributed by atoms with E-state index in [-0.39, 0.29) is 6.29 Å². The molecule has 3 heteroatoms. The van der Waals surface area contributed by atoms with Crippen molar-refractivity contribution in [3.63, 3.8) is 0 Å². The molecular formula is C17H29NO2. The zero-order chi connectivity index (χ0) is 14.8. The van der Waals surface area contributed by atoms with E-state index in [1.165, 1.54) is 11.1 Å². The van der Waals surface area contributed by atoms with Crippen LogP contribution in [0.5, 0.6) is 0 Å².